The Labute approximate surface area is 246 Å². The summed E-state index contributed by atoms with van der Waals surface area (Å²) < 4.78 is 7.69. The lowest BCUT2D eigenvalue weighted by Gasteiger charge is -2.33. The van der Waals surface area contributed by atoms with Gasteiger partial charge in [-0.15, -0.1) is 0 Å². The number of imidazole rings is 1. The fourth-order valence-electron chi connectivity index (χ4n) is 5.42. The van der Waals surface area contributed by atoms with Gasteiger partial charge in [-0.25, -0.2) is 24.7 Å². The number of hydrogen-bond donors (Lipinski definition) is 1. The van der Waals surface area contributed by atoms with E-state index in [0.29, 0.717) is 45.1 Å². The van der Waals surface area contributed by atoms with Gasteiger partial charge < -0.3 is 24.5 Å². The third kappa shape index (κ3) is 5.30. The minimum atomic E-state index is -0.873. The smallest absolute Gasteiger partial charge is 0.407 e. The molecular formula is C30H30N8O3S. The molecule has 2 aliphatic rings. The predicted octanol–water partition coefficient (Wildman–Crippen LogP) is 4.27. The summed E-state index contributed by atoms with van der Waals surface area (Å²) in [6.07, 6.45) is 4.96. The van der Waals surface area contributed by atoms with Crippen molar-refractivity contribution < 1.29 is 14.6 Å². The first-order valence-electron chi connectivity index (χ1n) is 14.0. The summed E-state index contributed by atoms with van der Waals surface area (Å²) in [6.45, 7) is 5.04. The summed E-state index contributed by atoms with van der Waals surface area (Å²) in [5.41, 5.74) is 4.58. The number of carbonyl (C=O) groups is 1. The molecule has 6 heterocycles. The van der Waals surface area contributed by atoms with Gasteiger partial charge in [-0.05, 0) is 24.3 Å². The minimum Gasteiger partial charge on any atom is -0.465 e. The molecule has 2 fully saturated rings. The Balaban J connectivity index is 1.17. The number of para-hydroxylation sites is 1. The van der Waals surface area contributed by atoms with Gasteiger partial charge in [0.25, 0.3) is 0 Å². The van der Waals surface area contributed by atoms with E-state index in [1.54, 1.807) is 11.8 Å². The summed E-state index contributed by atoms with van der Waals surface area (Å²) in [5, 5.41) is 11.3. The molecule has 0 radical (unpaired) electrons. The van der Waals surface area contributed by atoms with E-state index in [2.05, 4.69) is 38.6 Å². The topological polar surface area (TPSA) is 112 Å². The summed E-state index contributed by atoms with van der Waals surface area (Å²) in [4.78, 5) is 36.5. The highest BCUT2D eigenvalue weighted by Gasteiger charge is 2.23. The molecule has 1 aromatic carbocycles. The zero-order valence-electron chi connectivity index (χ0n) is 23.0. The Morgan fingerprint density at radius 1 is 0.881 bits per heavy atom. The lowest BCUT2D eigenvalue weighted by Crippen LogP contribution is -2.48. The van der Waals surface area contributed by atoms with Crippen molar-refractivity contribution in [2.75, 3.05) is 62.3 Å². The van der Waals surface area contributed by atoms with E-state index < -0.39 is 6.09 Å². The van der Waals surface area contributed by atoms with E-state index in [9.17, 15) is 9.90 Å². The van der Waals surface area contributed by atoms with Crippen molar-refractivity contribution in [3.63, 3.8) is 0 Å². The number of hydrogen-bond acceptors (Lipinski definition) is 9. The SMILES string of the molecule is O=C(O)N1CCN(c2ccc(-c3cnc(N4CCOCC4)c4nc(CSc5ccc6ccccc6n5)cn34)cn2)CC1. The zero-order chi connectivity index (χ0) is 28.5. The summed E-state index contributed by atoms with van der Waals surface area (Å²) >= 11 is 1.67. The largest absolute Gasteiger partial charge is 0.465 e. The van der Waals surface area contributed by atoms with E-state index in [1.807, 2.05) is 42.7 Å². The average molecular weight is 583 g/mol. The first-order valence-corrected chi connectivity index (χ1v) is 15.0. The third-order valence-electron chi connectivity index (χ3n) is 7.69. The molecule has 4 aromatic heterocycles. The Hall–Kier alpha value is -4.42. The number of aromatic nitrogens is 5. The van der Waals surface area contributed by atoms with E-state index >= 15 is 0 Å². The van der Waals surface area contributed by atoms with Crippen molar-refractivity contribution in [1.82, 2.24) is 29.2 Å². The standard InChI is InChI=1S/C30H30N8O3S/c39-30(40)37-11-9-35(10-12-37)26-7-5-22(17-31-26)25-18-32-28(36-13-15-41-16-14-36)29-33-23(19-38(25)29)20-42-27-8-6-21-3-1-2-4-24(21)34-27/h1-8,17-19H,9-16,20H2,(H,39,40). The average Bonchev–Trinajstić information content (AvgIpc) is 3.48. The molecule has 7 rings (SSSR count). The number of thioether (sulfide) groups is 1. The molecule has 11 nitrogen and oxygen atoms in total. The highest BCUT2D eigenvalue weighted by molar-refractivity contribution is 7.98. The first kappa shape index (κ1) is 26.5. The van der Waals surface area contributed by atoms with E-state index in [1.165, 1.54) is 4.90 Å². The van der Waals surface area contributed by atoms with Gasteiger partial charge in [0.15, 0.2) is 11.5 Å². The first-order chi connectivity index (χ1) is 20.6. The Morgan fingerprint density at radius 3 is 2.50 bits per heavy atom. The quantitative estimate of drug-likeness (QED) is 0.291. The minimum absolute atomic E-state index is 0.469. The molecule has 0 bridgehead atoms. The number of piperazine rings is 1. The van der Waals surface area contributed by atoms with Gasteiger partial charge in [-0.3, -0.25) is 4.40 Å². The lowest BCUT2D eigenvalue weighted by atomic mass is 10.2. The van der Waals surface area contributed by atoms with Crippen LogP contribution in [-0.4, -0.2) is 92.9 Å². The zero-order valence-corrected chi connectivity index (χ0v) is 23.8. The van der Waals surface area contributed by atoms with Gasteiger partial charge in [-0.1, -0.05) is 36.0 Å². The van der Waals surface area contributed by atoms with Crippen LogP contribution in [0.2, 0.25) is 0 Å². The monoisotopic (exact) mass is 582 g/mol. The molecule has 5 aromatic rings. The van der Waals surface area contributed by atoms with Crippen LogP contribution in [0.4, 0.5) is 16.4 Å². The van der Waals surface area contributed by atoms with Crippen molar-refractivity contribution >= 4 is 46.0 Å². The number of amides is 1. The number of fused-ring (bicyclic) bond motifs is 2. The second-order valence-corrected chi connectivity index (χ2v) is 11.3. The number of pyridine rings is 2. The fourth-order valence-corrected chi connectivity index (χ4v) is 6.18. The molecule has 0 atom stereocenters. The Bertz CT molecular complexity index is 1730. The number of nitrogens with zero attached hydrogens (tertiary/aromatic N) is 8. The molecule has 0 unspecified atom stereocenters. The summed E-state index contributed by atoms with van der Waals surface area (Å²) in [6, 6.07) is 16.3. The van der Waals surface area contributed by atoms with Crippen molar-refractivity contribution in [3.8, 4) is 11.3 Å². The highest BCUT2D eigenvalue weighted by atomic mass is 32.2. The van der Waals surface area contributed by atoms with Crippen LogP contribution in [0.25, 0.3) is 27.8 Å². The van der Waals surface area contributed by atoms with Crippen LogP contribution in [0.3, 0.4) is 0 Å². The fraction of sp³-hybridized carbons (Fsp3) is 0.300. The van der Waals surface area contributed by atoms with Crippen LogP contribution < -0.4 is 9.80 Å². The van der Waals surface area contributed by atoms with Crippen molar-refractivity contribution in [2.45, 2.75) is 10.8 Å². The highest BCUT2D eigenvalue weighted by Crippen LogP contribution is 2.30. The predicted molar refractivity (Wildman–Crippen MR) is 162 cm³/mol. The molecular weight excluding hydrogens is 552 g/mol. The Morgan fingerprint density at radius 2 is 1.71 bits per heavy atom. The molecule has 0 saturated carbocycles. The maximum absolute atomic E-state index is 11.3. The van der Waals surface area contributed by atoms with Crippen LogP contribution in [0.5, 0.6) is 0 Å². The van der Waals surface area contributed by atoms with E-state index in [-0.39, 0.29) is 0 Å². The van der Waals surface area contributed by atoms with Gasteiger partial charge in [0, 0.05) is 68.4 Å². The van der Waals surface area contributed by atoms with Gasteiger partial charge in [-0.2, -0.15) is 0 Å². The normalized spacial score (nSPS) is 16.0. The molecule has 2 saturated heterocycles. The van der Waals surface area contributed by atoms with Crippen molar-refractivity contribution in [2.24, 2.45) is 0 Å². The van der Waals surface area contributed by atoms with Crippen molar-refractivity contribution in [1.29, 1.82) is 0 Å². The number of benzene rings is 1. The van der Waals surface area contributed by atoms with Crippen LogP contribution in [0.1, 0.15) is 5.69 Å². The van der Waals surface area contributed by atoms with Gasteiger partial charge in [0.2, 0.25) is 0 Å². The van der Waals surface area contributed by atoms with Crippen LogP contribution in [-0.2, 0) is 10.5 Å². The second kappa shape index (κ2) is 11.5. The molecule has 12 heteroatoms. The molecule has 1 amide bonds. The third-order valence-corrected chi connectivity index (χ3v) is 8.66. The molecule has 42 heavy (non-hydrogen) atoms. The van der Waals surface area contributed by atoms with E-state index in [0.717, 1.165) is 63.3 Å². The molecule has 214 valence electrons. The molecule has 0 aliphatic carbocycles. The van der Waals surface area contributed by atoms with Crippen LogP contribution in [0, 0.1) is 0 Å². The second-order valence-electron chi connectivity index (χ2n) is 10.3. The van der Waals surface area contributed by atoms with Crippen molar-refractivity contribution in [3.05, 3.63) is 72.8 Å². The maximum Gasteiger partial charge on any atom is 0.407 e. The Kier molecular flexibility index (Phi) is 7.22. The molecule has 1 N–H and O–H groups in total. The van der Waals surface area contributed by atoms with Gasteiger partial charge >= 0.3 is 6.09 Å². The number of ether oxygens (including phenoxy) is 1. The van der Waals surface area contributed by atoms with Gasteiger partial charge in [0.1, 0.15) is 5.82 Å². The van der Waals surface area contributed by atoms with Gasteiger partial charge in [0.05, 0.1) is 41.3 Å². The molecule has 2 aliphatic heterocycles. The molecule has 0 spiro atoms. The summed E-state index contributed by atoms with van der Waals surface area (Å²) in [5.74, 6) is 2.36. The number of carboxylic acid groups (broad SMARTS) is 1. The van der Waals surface area contributed by atoms with Crippen LogP contribution >= 0.6 is 11.8 Å². The summed E-state index contributed by atoms with van der Waals surface area (Å²) in [7, 11) is 0. The van der Waals surface area contributed by atoms with E-state index in [4.69, 9.17) is 24.7 Å². The lowest BCUT2D eigenvalue weighted by molar-refractivity contribution is 0.122. The number of morpholine rings is 1. The number of rotatable bonds is 6. The van der Waals surface area contributed by atoms with Crippen LogP contribution in [0.15, 0.2) is 72.1 Å². The maximum atomic E-state index is 11.3. The number of anilines is 2.